The highest BCUT2D eigenvalue weighted by Gasteiger charge is 2.24. The van der Waals surface area contributed by atoms with E-state index in [0.29, 0.717) is 30.4 Å². The van der Waals surface area contributed by atoms with Gasteiger partial charge < -0.3 is 24.3 Å². The van der Waals surface area contributed by atoms with Gasteiger partial charge in [-0.15, -0.1) is 0 Å². The van der Waals surface area contributed by atoms with E-state index in [1.165, 1.54) is 0 Å². The Morgan fingerprint density at radius 1 is 1.08 bits per heavy atom. The largest absolute Gasteiger partial charge is 0.493 e. The Morgan fingerprint density at radius 3 is 2.08 bits per heavy atom. The van der Waals surface area contributed by atoms with E-state index in [1.54, 1.807) is 21.3 Å². The molecule has 2 unspecified atom stereocenters. The molecule has 0 aromatic heterocycles. The molecule has 6 heteroatoms. The number of methoxy groups -OCH3 is 3. The zero-order chi connectivity index (χ0) is 18.1. The molecule has 0 aliphatic heterocycles. The molecule has 0 spiro atoms. The summed E-state index contributed by atoms with van der Waals surface area (Å²) in [5.74, 6) is 1.45. The number of esters is 1. The van der Waals surface area contributed by atoms with Crippen molar-refractivity contribution in [1.29, 1.82) is 0 Å². The van der Waals surface area contributed by atoms with Crippen molar-refractivity contribution in [3.05, 3.63) is 17.7 Å². The summed E-state index contributed by atoms with van der Waals surface area (Å²) in [5, 5.41) is 3.38. The third-order valence-corrected chi connectivity index (χ3v) is 3.99. The number of benzene rings is 1. The van der Waals surface area contributed by atoms with Crippen LogP contribution in [0.1, 0.15) is 32.8 Å². The van der Waals surface area contributed by atoms with Gasteiger partial charge >= 0.3 is 5.97 Å². The Bertz CT molecular complexity index is 507. The van der Waals surface area contributed by atoms with E-state index >= 15 is 0 Å². The van der Waals surface area contributed by atoms with Gasteiger partial charge in [-0.05, 0) is 38.0 Å². The minimum atomic E-state index is -0.174. The van der Waals surface area contributed by atoms with E-state index < -0.39 is 0 Å². The molecule has 0 aliphatic rings. The molecule has 2 atom stereocenters. The molecule has 0 saturated carbocycles. The van der Waals surface area contributed by atoms with Gasteiger partial charge in [0.1, 0.15) is 0 Å². The average Bonchev–Trinajstić information content (AvgIpc) is 2.59. The van der Waals surface area contributed by atoms with E-state index in [2.05, 4.69) is 5.32 Å². The van der Waals surface area contributed by atoms with Crippen LogP contribution in [0, 0.1) is 5.92 Å². The van der Waals surface area contributed by atoms with Crippen molar-refractivity contribution in [1.82, 2.24) is 5.32 Å². The monoisotopic (exact) mass is 339 g/mol. The Hall–Kier alpha value is -1.95. The van der Waals surface area contributed by atoms with Crippen LogP contribution in [0.3, 0.4) is 0 Å². The summed E-state index contributed by atoms with van der Waals surface area (Å²) in [6.07, 6.45) is 0.724. The molecule has 1 aromatic rings. The van der Waals surface area contributed by atoms with Crippen LogP contribution in [0.15, 0.2) is 12.1 Å². The fraction of sp³-hybridized carbons (Fsp3) is 0.611. The molecule has 0 bridgehead atoms. The Balaban J connectivity index is 2.84. The highest BCUT2D eigenvalue weighted by Crippen LogP contribution is 2.38. The molecular weight excluding hydrogens is 310 g/mol. The van der Waals surface area contributed by atoms with Gasteiger partial charge in [0.15, 0.2) is 11.5 Å². The predicted molar refractivity (Wildman–Crippen MR) is 92.8 cm³/mol. The van der Waals surface area contributed by atoms with Crippen LogP contribution in [0.2, 0.25) is 0 Å². The number of rotatable bonds is 10. The lowest BCUT2D eigenvalue weighted by Crippen LogP contribution is -2.38. The molecule has 0 saturated heterocycles. The standard InChI is InChI=1S/C18H29NO5/c1-7-14(18(20)24-8-2)12(3)19-11-13-9-15(21-4)17(23-6)16(10-13)22-5/h9-10,12,14,19H,7-8,11H2,1-6H3. The molecule has 6 nitrogen and oxygen atoms in total. The first-order chi connectivity index (χ1) is 11.5. The maximum Gasteiger partial charge on any atom is 0.310 e. The first-order valence-electron chi connectivity index (χ1n) is 8.21. The van der Waals surface area contributed by atoms with Crippen LogP contribution in [-0.2, 0) is 16.1 Å². The summed E-state index contributed by atoms with van der Waals surface area (Å²) in [4.78, 5) is 12.0. The quantitative estimate of drug-likeness (QED) is 0.661. The molecule has 1 N–H and O–H groups in total. The van der Waals surface area contributed by atoms with E-state index in [4.69, 9.17) is 18.9 Å². The molecule has 0 amide bonds. The van der Waals surface area contributed by atoms with Crippen LogP contribution in [0.4, 0.5) is 0 Å². The van der Waals surface area contributed by atoms with Crippen molar-refractivity contribution in [2.24, 2.45) is 5.92 Å². The first kappa shape index (κ1) is 20.1. The lowest BCUT2D eigenvalue weighted by molar-refractivity contribution is -0.149. The number of carbonyl (C=O) groups excluding carboxylic acids is 1. The topological polar surface area (TPSA) is 66.0 Å². The summed E-state index contributed by atoms with van der Waals surface area (Å²) in [5.41, 5.74) is 0.982. The van der Waals surface area contributed by atoms with Crippen molar-refractivity contribution < 1.29 is 23.7 Å². The van der Waals surface area contributed by atoms with Gasteiger partial charge in [0.25, 0.3) is 0 Å². The summed E-state index contributed by atoms with van der Waals surface area (Å²) in [6, 6.07) is 3.78. The average molecular weight is 339 g/mol. The Kier molecular flexibility index (Phi) is 8.40. The van der Waals surface area contributed by atoms with Gasteiger partial charge in [0.2, 0.25) is 5.75 Å². The van der Waals surface area contributed by atoms with Crippen LogP contribution in [0.25, 0.3) is 0 Å². The second-order valence-electron chi connectivity index (χ2n) is 5.47. The SMILES string of the molecule is CCOC(=O)C(CC)C(C)NCc1cc(OC)c(OC)c(OC)c1. The van der Waals surface area contributed by atoms with Crippen molar-refractivity contribution in [3.8, 4) is 17.2 Å². The minimum absolute atomic E-state index is 0.00635. The van der Waals surface area contributed by atoms with Crippen molar-refractivity contribution in [2.75, 3.05) is 27.9 Å². The van der Waals surface area contributed by atoms with Gasteiger partial charge in [0.05, 0.1) is 33.9 Å². The molecule has 0 aliphatic carbocycles. The fourth-order valence-corrected chi connectivity index (χ4v) is 2.63. The van der Waals surface area contributed by atoms with E-state index in [0.717, 1.165) is 12.0 Å². The zero-order valence-corrected chi connectivity index (χ0v) is 15.5. The normalized spacial score (nSPS) is 13.1. The van der Waals surface area contributed by atoms with Gasteiger partial charge in [-0.25, -0.2) is 0 Å². The molecule has 0 heterocycles. The smallest absolute Gasteiger partial charge is 0.310 e. The minimum Gasteiger partial charge on any atom is -0.493 e. The molecular formula is C18H29NO5. The lowest BCUT2D eigenvalue weighted by Gasteiger charge is -2.22. The van der Waals surface area contributed by atoms with E-state index in [-0.39, 0.29) is 17.9 Å². The summed E-state index contributed by atoms with van der Waals surface area (Å²) in [6.45, 7) is 6.77. The molecule has 1 rings (SSSR count). The highest BCUT2D eigenvalue weighted by molar-refractivity contribution is 5.73. The lowest BCUT2D eigenvalue weighted by atomic mass is 9.98. The first-order valence-corrected chi connectivity index (χ1v) is 8.21. The molecule has 0 radical (unpaired) electrons. The van der Waals surface area contributed by atoms with E-state index in [1.807, 2.05) is 32.9 Å². The maximum absolute atomic E-state index is 12.0. The van der Waals surface area contributed by atoms with Crippen LogP contribution in [0.5, 0.6) is 17.2 Å². The van der Waals surface area contributed by atoms with E-state index in [9.17, 15) is 4.79 Å². The predicted octanol–water partition coefficient (Wildman–Crippen LogP) is 2.78. The van der Waals surface area contributed by atoms with Crippen molar-refractivity contribution in [2.45, 2.75) is 39.8 Å². The van der Waals surface area contributed by atoms with Gasteiger partial charge in [-0.2, -0.15) is 0 Å². The summed E-state index contributed by atoms with van der Waals surface area (Å²) in [7, 11) is 4.75. The zero-order valence-electron chi connectivity index (χ0n) is 15.5. The van der Waals surface area contributed by atoms with Gasteiger partial charge in [-0.3, -0.25) is 4.79 Å². The molecule has 1 aromatic carbocycles. The van der Waals surface area contributed by atoms with Gasteiger partial charge in [0, 0.05) is 12.6 Å². The highest BCUT2D eigenvalue weighted by atomic mass is 16.5. The van der Waals surface area contributed by atoms with Crippen LogP contribution >= 0.6 is 0 Å². The number of hydrogen-bond acceptors (Lipinski definition) is 6. The Morgan fingerprint density at radius 2 is 1.67 bits per heavy atom. The number of ether oxygens (including phenoxy) is 4. The van der Waals surface area contributed by atoms with Crippen LogP contribution < -0.4 is 19.5 Å². The van der Waals surface area contributed by atoms with Gasteiger partial charge in [-0.1, -0.05) is 6.92 Å². The molecule has 0 fully saturated rings. The third-order valence-electron chi connectivity index (χ3n) is 3.99. The maximum atomic E-state index is 12.0. The van der Waals surface area contributed by atoms with Crippen LogP contribution in [-0.4, -0.2) is 39.9 Å². The Labute approximate surface area is 144 Å². The number of hydrogen-bond donors (Lipinski definition) is 1. The van der Waals surface area contributed by atoms with Crippen molar-refractivity contribution in [3.63, 3.8) is 0 Å². The third kappa shape index (κ3) is 5.03. The molecule has 136 valence electrons. The summed E-state index contributed by atoms with van der Waals surface area (Å²) >= 11 is 0. The summed E-state index contributed by atoms with van der Waals surface area (Å²) < 4.78 is 21.2. The molecule has 24 heavy (non-hydrogen) atoms. The number of nitrogens with one attached hydrogen (secondary N) is 1. The number of carbonyl (C=O) groups is 1. The van der Waals surface area contributed by atoms with Crippen molar-refractivity contribution >= 4 is 5.97 Å². The second-order valence-corrected chi connectivity index (χ2v) is 5.47. The second kappa shape index (κ2) is 10.0. The fourth-order valence-electron chi connectivity index (χ4n) is 2.63.